The van der Waals surface area contributed by atoms with Gasteiger partial charge >= 0.3 is 0 Å². The van der Waals surface area contributed by atoms with Gasteiger partial charge in [-0.25, -0.2) is 0 Å². The van der Waals surface area contributed by atoms with Crippen molar-refractivity contribution in [2.45, 2.75) is 37.4 Å². The van der Waals surface area contributed by atoms with E-state index in [1.165, 1.54) is 49.7 Å². The normalized spacial score (nSPS) is 14.5. The molecule has 7 heteroatoms. The summed E-state index contributed by atoms with van der Waals surface area (Å²) in [6.07, 6.45) is 4.78. The first-order valence-electron chi connectivity index (χ1n) is 10.9. The lowest BCUT2D eigenvalue weighted by Gasteiger charge is -2.26. The van der Waals surface area contributed by atoms with Gasteiger partial charge in [0, 0.05) is 18.7 Å². The quantitative estimate of drug-likeness (QED) is 0.513. The summed E-state index contributed by atoms with van der Waals surface area (Å²) in [5, 5.41) is 12.6. The van der Waals surface area contributed by atoms with Gasteiger partial charge in [-0.15, -0.1) is 10.2 Å². The van der Waals surface area contributed by atoms with Gasteiger partial charge in [-0.1, -0.05) is 66.7 Å². The van der Waals surface area contributed by atoms with Crippen LogP contribution in [0.1, 0.15) is 30.7 Å². The average Bonchev–Trinajstić information content (AvgIpc) is 3.19. The lowest BCUT2D eigenvalue weighted by atomic mass is 10.1. The summed E-state index contributed by atoms with van der Waals surface area (Å²) >= 11 is 1.44. The van der Waals surface area contributed by atoms with Gasteiger partial charge in [0.25, 0.3) is 0 Å². The van der Waals surface area contributed by atoms with Crippen LogP contribution in [0.3, 0.4) is 0 Å². The van der Waals surface area contributed by atoms with Crippen LogP contribution in [-0.4, -0.2) is 51.0 Å². The summed E-state index contributed by atoms with van der Waals surface area (Å²) in [7, 11) is 0. The molecule has 1 amide bonds. The van der Waals surface area contributed by atoms with Crippen molar-refractivity contribution in [3.05, 3.63) is 72.1 Å². The number of aromatic nitrogens is 3. The van der Waals surface area contributed by atoms with Gasteiger partial charge < -0.3 is 14.8 Å². The van der Waals surface area contributed by atoms with Crippen molar-refractivity contribution in [3.8, 4) is 0 Å². The molecule has 1 saturated heterocycles. The van der Waals surface area contributed by atoms with E-state index in [0.717, 1.165) is 29.6 Å². The Hall–Kier alpha value is -2.64. The molecule has 0 unspecified atom stereocenters. The minimum atomic E-state index is -0.0414. The summed E-state index contributed by atoms with van der Waals surface area (Å²) in [6.45, 7) is 4.07. The molecule has 2 heterocycles. The van der Waals surface area contributed by atoms with E-state index < -0.39 is 0 Å². The molecule has 0 bridgehead atoms. The van der Waals surface area contributed by atoms with Crippen LogP contribution in [0.2, 0.25) is 0 Å². The Morgan fingerprint density at radius 3 is 2.39 bits per heavy atom. The minimum Gasteiger partial charge on any atom is -0.325 e. The highest BCUT2D eigenvalue weighted by Crippen LogP contribution is 2.20. The van der Waals surface area contributed by atoms with Crippen LogP contribution in [0.4, 0.5) is 5.69 Å². The first kappa shape index (κ1) is 21.6. The maximum atomic E-state index is 12.4. The number of carbonyl (C=O) groups excluding carboxylic acids is 1. The van der Waals surface area contributed by atoms with Gasteiger partial charge in [-0.05, 0) is 43.6 Å². The zero-order valence-electron chi connectivity index (χ0n) is 17.7. The summed E-state index contributed by atoms with van der Waals surface area (Å²) < 4.78 is 2.17. The largest absolute Gasteiger partial charge is 0.325 e. The number of anilines is 1. The number of amides is 1. The summed E-state index contributed by atoms with van der Waals surface area (Å²) in [6, 6.07) is 19.9. The van der Waals surface area contributed by atoms with Gasteiger partial charge in [0.15, 0.2) is 5.16 Å². The molecule has 162 valence electrons. The monoisotopic (exact) mass is 435 g/mol. The summed E-state index contributed by atoms with van der Waals surface area (Å²) in [5.74, 6) is 1.24. The van der Waals surface area contributed by atoms with Crippen LogP contribution in [-0.2, 0) is 17.8 Å². The third kappa shape index (κ3) is 6.42. The zero-order valence-corrected chi connectivity index (χ0v) is 18.6. The summed E-state index contributed by atoms with van der Waals surface area (Å²) in [5.41, 5.74) is 2.01. The number of likely N-dealkylation sites (tertiary alicyclic amines) is 1. The number of nitrogens with one attached hydrogen (secondary N) is 1. The Balaban J connectivity index is 1.42. The van der Waals surface area contributed by atoms with Crippen LogP contribution in [0.15, 0.2) is 65.8 Å². The molecule has 2 aromatic carbocycles. The van der Waals surface area contributed by atoms with E-state index >= 15 is 0 Å². The van der Waals surface area contributed by atoms with Gasteiger partial charge in [0.1, 0.15) is 5.82 Å². The maximum Gasteiger partial charge on any atom is 0.234 e. The number of hydrogen-bond donors (Lipinski definition) is 1. The highest BCUT2D eigenvalue weighted by Gasteiger charge is 2.17. The Morgan fingerprint density at radius 2 is 1.65 bits per heavy atom. The van der Waals surface area contributed by atoms with Crippen molar-refractivity contribution in [2.75, 3.05) is 30.7 Å². The number of nitrogens with zero attached hydrogens (tertiary/aromatic N) is 4. The second-order valence-corrected chi connectivity index (χ2v) is 8.77. The molecule has 1 aromatic heterocycles. The number of hydrogen-bond acceptors (Lipinski definition) is 5. The third-order valence-corrected chi connectivity index (χ3v) is 6.43. The Morgan fingerprint density at radius 1 is 0.935 bits per heavy atom. The standard InChI is InChI=1S/C24H29N5OS/c30-23(25-21-12-6-2-7-13-21)19-31-24-27-26-22(14-17-28-15-8-3-9-16-28)29(24)18-20-10-4-1-5-11-20/h1-2,4-7,10-13H,3,8-9,14-19H2,(H,25,30). The molecule has 1 fully saturated rings. The molecule has 31 heavy (non-hydrogen) atoms. The van der Waals surface area contributed by atoms with Crippen LogP contribution in [0.5, 0.6) is 0 Å². The Labute approximate surface area is 188 Å². The fourth-order valence-corrected chi connectivity index (χ4v) is 4.58. The molecule has 1 N–H and O–H groups in total. The predicted octanol–water partition coefficient (Wildman–Crippen LogP) is 4.09. The molecule has 0 radical (unpaired) electrons. The zero-order chi connectivity index (χ0) is 21.3. The van der Waals surface area contributed by atoms with Crippen LogP contribution in [0.25, 0.3) is 0 Å². The molecular weight excluding hydrogens is 406 g/mol. The first-order valence-corrected chi connectivity index (χ1v) is 11.9. The van der Waals surface area contributed by atoms with E-state index in [-0.39, 0.29) is 5.91 Å². The van der Waals surface area contributed by atoms with Crippen molar-refractivity contribution in [1.29, 1.82) is 0 Å². The van der Waals surface area contributed by atoms with Crippen LogP contribution < -0.4 is 5.32 Å². The molecule has 1 aliphatic rings. The number of rotatable bonds is 9. The van der Waals surface area contributed by atoms with Crippen LogP contribution >= 0.6 is 11.8 Å². The van der Waals surface area contributed by atoms with E-state index in [2.05, 4.69) is 37.1 Å². The maximum absolute atomic E-state index is 12.4. The number of piperidine rings is 1. The highest BCUT2D eigenvalue weighted by atomic mass is 32.2. The summed E-state index contributed by atoms with van der Waals surface area (Å²) in [4.78, 5) is 14.9. The fourth-order valence-electron chi connectivity index (χ4n) is 3.83. The molecule has 4 rings (SSSR count). The molecule has 6 nitrogen and oxygen atoms in total. The van der Waals surface area contributed by atoms with Crippen LogP contribution in [0, 0.1) is 0 Å². The Kier molecular flexibility index (Phi) is 7.74. The minimum absolute atomic E-state index is 0.0414. The molecule has 3 aromatic rings. The van der Waals surface area contributed by atoms with Crippen molar-refractivity contribution < 1.29 is 4.79 Å². The van der Waals surface area contributed by atoms with Gasteiger partial charge in [-0.3, -0.25) is 4.79 Å². The second-order valence-electron chi connectivity index (χ2n) is 7.83. The van der Waals surface area contributed by atoms with E-state index in [4.69, 9.17) is 0 Å². The van der Waals surface area contributed by atoms with E-state index in [0.29, 0.717) is 12.3 Å². The molecule has 0 aliphatic carbocycles. The van der Waals surface area contributed by atoms with E-state index in [1.807, 2.05) is 48.5 Å². The van der Waals surface area contributed by atoms with Crippen molar-refractivity contribution in [2.24, 2.45) is 0 Å². The predicted molar refractivity (Wildman–Crippen MR) is 125 cm³/mol. The highest BCUT2D eigenvalue weighted by molar-refractivity contribution is 7.99. The number of para-hydroxylation sites is 1. The first-order chi connectivity index (χ1) is 15.3. The fraction of sp³-hybridized carbons (Fsp3) is 0.375. The Bertz CT molecular complexity index is 955. The molecule has 0 atom stereocenters. The lowest BCUT2D eigenvalue weighted by molar-refractivity contribution is -0.113. The van der Waals surface area contributed by atoms with Crippen molar-refractivity contribution in [1.82, 2.24) is 19.7 Å². The SMILES string of the molecule is O=C(CSc1nnc(CCN2CCCCC2)n1Cc1ccccc1)Nc1ccccc1. The van der Waals surface area contributed by atoms with Gasteiger partial charge in [0.05, 0.1) is 12.3 Å². The molecule has 0 saturated carbocycles. The molecule has 1 aliphatic heterocycles. The lowest BCUT2D eigenvalue weighted by Crippen LogP contribution is -2.32. The van der Waals surface area contributed by atoms with E-state index in [9.17, 15) is 4.79 Å². The third-order valence-electron chi connectivity index (χ3n) is 5.47. The smallest absolute Gasteiger partial charge is 0.234 e. The van der Waals surface area contributed by atoms with Crippen molar-refractivity contribution in [3.63, 3.8) is 0 Å². The molecule has 0 spiro atoms. The van der Waals surface area contributed by atoms with Gasteiger partial charge in [-0.2, -0.15) is 0 Å². The van der Waals surface area contributed by atoms with E-state index in [1.54, 1.807) is 0 Å². The van der Waals surface area contributed by atoms with Crippen molar-refractivity contribution >= 4 is 23.4 Å². The number of thioether (sulfide) groups is 1. The molecular formula is C24H29N5OS. The second kappa shape index (κ2) is 11.1. The number of carbonyl (C=O) groups is 1. The van der Waals surface area contributed by atoms with Gasteiger partial charge in [0.2, 0.25) is 5.91 Å². The average molecular weight is 436 g/mol. The number of benzene rings is 2. The topological polar surface area (TPSA) is 63.1 Å².